The minimum absolute atomic E-state index is 0.379. The van der Waals surface area contributed by atoms with Crippen LogP contribution in [0.15, 0.2) is 170 Å². The van der Waals surface area contributed by atoms with Crippen molar-refractivity contribution in [2.75, 3.05) is 6.54 Å². The Bertz CT molecular complexity index is 1780. The zero-order valence-corrected chi connectivity index (χ0v) is 30.4. The van der Waals surface area contributed by atoms with Crippen LogP contribution in [0.25, 0.3) is 22.3 Å². The molecule has 3 heteroatoms. The van der Waals surface area contributed by atoms with Gasteiger partial charge in [0.25, 0.3) is 0 Å². The maximum Gasteiger partial charge on any atom is 0.0906 e. The minimum atomic E-state index is -2.40. The summed E-state index contributed by atoms with van der Waals surface area (Å²) in [6.07, 6.45) is 4.52. The van der Waals surface area contributed by atoms with E-state index in [1.54, 1.807) is 0 Å². The second-order valence-electron chi connectivity index (χ2n) is 13.4. The SMILES string of the molecule is [CH2-][P+](c1ccc(-c2ccccc2)cc1)(c1ccc(-c2ccccc2)cc1)N(CCCC)[P+]1([CH2-])[C@H](c2ccccc2)CC[C@H]1c1ccccc1. The molecule has 6 aromatic carbocycles. The molecule has 1 aliphatic rings. The van der Waals surface area contributed by atoms with Crippen molar-refractivity contribution in [1.29, 1.82) is 0 Å². The topological polar surface area (TPSA) is 3.24 Å². The van der Waals surface area contributed by atoms with Gasteiger partial charge in [0.15, 0.2) is 0 Å². The van der Waals surface area contributed by atoms with Crippen molar-refractivity contribution in [2.45, 2.75) is 43.9 Å². The van der Waals surface area contributed by atoms with Crippen LogP contribution in [0, 0.1) is 13.3 Å². The quantitative estimate of drug-likeness (QED) is 0.0976. The summed E-state index contributed by atoms with van der Waals surface area (Å²) in [5.74, 6) is 0. The van der Waals surface area contributed by atoms with Gasteiger partial charge in [-0.2, -0.15) is 6.66 Å². The van der Waals surface area contributed by atoms with Gasteiger partial charge in [0.1, 0.15) is 0 Å². The van der Waals surface area contributed by atoms with E-state index in [2.05, 4.69) is 181 Å². The van der Waals surface area contributed by atoms with Crippen LogP contribution in [0.1, 0.15) is 55.1 Å². The predicted molar refractivity (Wildman–Crippen MR) is 217 cm³/mol. The Morgan fingerprint density at radius 2 is 0.878 bits per heavy atom. The fourth-order valence-corrected chi connectivity index (χ4v) is 18.3. The highest BCUT2D eigenvalue weighted by Crippen LogP contribution is 2.91. The molecular weight excluding hydrogens is 628 g/mol. The first-order valence-electron chi connectivity index (χ1n) is 17.7. The predicted octanol–water partition coefficient (Wildman–Crippen LogP) is 12.8. The molecule has 1 aliphatic heterocycles. The molecule has 0 bridgehead atoms. The van der Waals surface area contributed by atoms with Crippen LogP contribution in [-0.4, -0.2) is 11.0 Å². The number of hydrogen-bond acceptors (Lipinski definition) is 1. The van der Waals surface area contributed by atoms with Gasteiger partial charge in [-0.15, -0.1) is 11.1 Å². The molecule has 0 saturated carbocycles. The first-order valence-corrected chi connectivity index (χ1v) is 21.7. The molecule has 0 unspecified atom stereocenters. The Labute approximate surface area is 295 Å². The molecule has 1 saturated heterocycles. The van der Waals surface area contributed by atoms with E-state index < -0.39 is 14.8 Å². The van der Waals surface area contributed by atoms with Crippen LogP contribution < -0.4 is 10.6 Å². The molecule has 1 nitrogen and oxygen atoms in total. The summed E-state index contributed by atoms with van der Waals surface area (Å²) in [7, 11) is -4.54. The fourth-order valence-electron chi connectivity index (χ4n) is 7.92. The van der Waals surface area contributed by atoms with E-state index in [-0.39, 0.29) is 0 Å². The first-order chi connectivity index (χ1) is 24.0. The van der Waals surface area contributed by atoms with Crippen molar-refractivity contribution in [3.8, 4) is 22.3 Å². The summed E-state index contributed by atoms with van der Waals surface area (Å²) >= 11 is 0. The zero-order chi connectivity index (χ0) is 33.7. The third-order valence-electron chi connectivity index (χ3n) is 10.5. The number of benzene rings is 6. The van der Waals surface area contributed by atoms with Gasteiger partial charge in [0.05, 0.1) is 35.9 Å². The van der Waals surface area contributed by atoms with E-state index in [9.17, 15) is 0 Å². The Hall–Kier alpha value is -3.86. The number of unbranched alkanes of at least 4 members (excludes halogenated alkanes) is 1. The van der Waals surface area contributed by atoms with Gasteiger partial charge in [-0.05, 0) is 76.9 Å². The van der Waals surface area contributed by atoms with E-state index in [4.69, 9.17) is 13.3 Å². The molecule has 49 heavy (non-hydrogen) atoms. The lowest BCUT2D eigenvalue weighted by molar-refractivity contribution is 0.620. The van der Waals surface area contributed by atoms with Crippen molar-refractivity contribution >= 4 is 25.4 Å². The van der Waals surface area contributed by atoms with E-state index in [1.165, 1.54) is 44.0 Å². The largest absolute Gasteiger partial charge is 0.158 e. The van der Waals surface area contributed by atoms with Gasteiger partial charge >= 0.3 is 0 Å². The third kappa shape index (κ3) is 6.58. The lowest BCUT2D eigenvalue weighted by Crippen LogP contribution is -2.37. The average molecular weight is 676 g/mol. The van der Waals surface area contributed by atoms with Gasteiger partial charge in [-0.25, -0.2) is 0 Å². The van der Waals surface area contributed by atoms with Gasteiger partial charge in [0.2, 0.25) is 0 Å². The maximum atomic E-state index is 5.51. The smallest absolute Gasteiger partial charge is 0.0906 e. The van der Waals surface area contributed by atoms with E-state index in [1.807, 2.05) is 0 Å². The normalized spacial score (nSPS) is 17.3. The van der Waals surface area contributed by atoms with Crippen LogP contribution in [0.4, 0.5) is 0 Å². The summed E-state index contributed by atoms with van der Waals surface area (Å²) in [6, 6.07) is 62.7. The highest BCUT2D eigenvalue weighted by atomic mass is 31.2. The molecule has 0 aromatic heterocycles. The number of nitrogens with zero attached hydrogens (tertiary/aromatic N) is 1. The first kappa shape index (κ1) is 33.6. The van der Waals surface area contributed by atoms with Crippen LogP contribution in [0.3, 0.4) is 0 Å². The second kappa shape index (κ2) is 14.9. The van der Waals surface area contributed by atoms with Crippen LogP contribution in [0.2, 0.25) is 0 Å². The Morgan fingerprint density at radius 3 is 1.24 bits per heavy atom. The Morgan fingerprint density at radius 1 is 0.531 bits per heavy atom. The molecule has 0 spiro atoms. The molecule has 2 atom stereocenters. The molecule has 0 N–H and O–H groups in total. The molecule has 246 valence electrons. The molecule has 0 amide bonds. The summed E-state index contributed by atoms with van der Waals surface area (Å²) in [4.78, 5) is 0. The van der Waals surface area contributed by atoms with Crippen molar-refractivity contribution < 1.29 is 0 Å². The van der Waals surface area contributed by atoms with Gasteiger partial charge in [-0.1, -0.05) is 159 Å². The third-order valence-corrected chi connectivity index (χ3v) is 20.0. The summed E-state index contributed by atoms with van der Waals surface area (Å²) in [5.41, 5.74) is 8.56. The monoisotopic (exact) mass is 675 g/mol. The van der Waals surface area contributed by atoms with E-state index in [0.717, 1.165) is 32.2 Å². The molecule has 0 aliphatic carbocycles. The summed E-state index contributed by atoms with van der Waals surface area (Å²) in [6.45, 7) is 14.3. The van der Waals surface area contributed by atoms with Crippen LogP contribution in [0.5, 0.6) is 0 Å². The van der Waals surface area contributed by atoms with Gasteiger partial charge < -0.3 is 0 Å². The summed E-state index contributed by atoms with van der Waals surface area (Å²) in [5, 5.41) is 2.65. The zero-order valence-electron chi connectivity index (χ0n) is 28.6. The molecule has 7 rings (SSSR count). The van der Waals surface area contributed by atoms with Crippen molar-refractivity contribution in [3.05, 3.63) is 194 Å². The van der Waals surface area contributed by atoms with Gasteiger partial charge in [-0.3, -0.25) is 0 Å². The van der Waals surface area contributed by atoms with Crippen LogP contribution in [-0.2, 0) is 0 Å². The number of hydrogen-bond donors (Lipinski definition) is 0. The molecular formula is C46H47NP2. The standard InChI is InChI=1S/C46H47NP2/c1-4-5-36-47(49(3)45(41-22-14-8-15-23-41)34-35-46(49)42-24-16-9-17-25-42)48(2,43-30-26-39(27-31-43)37-18-10-6-11-19-37)44-32-28-40(29-33-44)38-20-12-7-13-21-38/h6-33,45-46H,2-5,34-36H2,1H3/t45-,46-/m0/s1. The highest BCUT2D eigenvalue weighted by molar-refractivity contribution is 7.97. The van der Waals surface area contributed by atoms with Gasteiger partial charge in [0, 0.05) is 7.41 Å². The second-order valence-corrected chi connectivity index (χ2v) is 20.2. The molecule has 1 fully saturated rings. The molecule has 1 heterocycles. The minimum Gasteiger partial charge on any atom is -0.158 e. The van der Waals surface area contributed by atoms with Crippen molar-refractivity contribution in [2.24, 2.45) is 0 Å². The van der Waals surface area contributed by atoms with E-state index in [0.29, 0.717) is 11.3 Å². The Balaban J connectivity index is 1.43. The summed E-state index contributed by atoms with van der Waals surface area (Å²) < 4.78 is 2.95. The molecule has 0 radical (unpaired) electrons. The van der Waals surface area contributed by atoms with Crippen molar-refractivity contribution in [1.82, 2.24) is 4.44 Å². The van der Waals surface area contributed by atoms with Crippen LogP contribution >= 0.6 is 14.8 Å². The van der Waals surface area contributed by atoms with E-state index >= 15 is 0 Å². The fraction of sp³-hybridized carbons (Fsp3) is 0.174. The lowest BCUT2D eigenvalue weighted by atomic mass is 10.0. The van der Waals surface area contributed by atoms with Crippen molar-refractivity contribution in [3.63, 3.8) is 0 Å². The molecule has 6 aromatic rings. The maximum absolute atomic E-state index is 5.51. The average Bonchev–Trinajstić information content (AvgIpc) is 3.53. The number of rotatable bonds is 11. The highest BCUT2D eigenvalue weighted by Gasteiger charge is 2.60. The Kier molecular flexibility index (Phi) is 10.3. The lowest BCUT2D eigenvalue weighted by Gasteiger charge is -2.51.